The van der Waals surface area contributed by atoms with E-state index >= 15 is 0 Å². The monoisotopic (exact) mass is 492 g/mol. The number of sulfone groups is 2. The lowest BCUT2D eigenvalue weighted by molar-refractivity contribution is -0.931. The highest BCUT2D eigenvalue weighted by molar-refractivity contribution is 8.10. The van der Waals surface area contributed by atoms with Gasteiger partial charge in [-0.25, -0.2) is 16.8 Å². The molecule has 0 aromatic heterocycles. The zero-order chi connectivity index (χ0) is 24.1. The summed E-state index contributed by atoms with van der Waals surface area (Å²) in [6, 6.07) is 0. The summed E-state index contributed by atoms with van der Waals surface area (Å²) < 4.78 is 128. The molecule has 0 bridgehead atoms. The van der Waals surface area contributed by atoms with E-state index in [-0.39, 0.29) is 19.3 Å². The molecule has 0 radical (unpaired) electrons. The zero-order valence-corrected chi connectivity index (χ0v) is 19.4. The summed E-state index contributed by atoms with van der Waals surface area (Å²) >= 11 is 0. The Bertz CT molecular complexity index is 693. The van der Waals surface area contributed by atoms with Crippen LogP contribution in [0.5, 0.6) is 0 Å². The van der Waals surface area contributed by atoms with Crippen molar-refractivity contribution in [2.45, 2.75) is 87.4 Å². The highest BCUT2D eigenvalue weighted by Gasteiger charge is 2.80. The van der Waals surface area contributed by atoms with Crippen LogP contribution in [-0.4, -0.2) is 56.7 Å². The summed E-state index contributed by atoms with van der Waals surface area (Å²) in [7, 11) is -12.7. The van der Waals surface area contributed by atoms with Crippen molar-refractivity contribution in [1.82, 2.24) is 0 Å². The molecule has 0 heterocycles. The number of alkyl halides is 6. The highest BCUT2D eigenvalue weighted by atomic mass is 32.3. The summed E-state index contributed by atoms with van der Waals surface area (Å²) in [4.78, 5) is 0. The first-order valence-corrected chi connectivity index (χ1v) is 12.9. The van der Waals surface area contributed by atoms with Crippen molar-refractivity contribution in [3.63, 3.8) is 0 Å². The predicted octanol–water partition coefficient (Wildman–Crippen LogP) is 5.14. The molecule has 0 aromatic carbocycles. The lowest BCUT2D eigenvalue weighted by Crippen LogP contribution is -2.73. The van der Waals surface area contributed by atoms with Crippen LogP contribution in [0.4, 0.5) is 26.3 Å². The van der Waals surface area contributed by atoms with E-state index in [1.165, 1.54) is 0 Å². The van der Waals surface area contributed by atoms with E-state index in [0.29, 0.717) is 19.3 Å². The number of quaternary nitrogens is 1. The van der Waals surface area contributed by atoms with E-state index in [1.54, 1.807) is 20.8 Å². The second-order valence-corrected chi connectivity index (χ2v) is 12.2. The van der Waals surface area contributed by atoms with E-state index in [2.05, 4.69) is 0 Å². The molecule has 5 nitrogen and oxygen atoms in total. The first-order valence-electron chi connectivity index (χ1n) is 9.90. The Morgan fingerprint density at radius 3 is 1.23 bits per heavy atom. The fourth-order valence-corrected chi connectivity index (χ4v) is 8.49. The van der Waals surface area contributed by atoms with Crippen LogP contribution in [0.2, 0.25) is 0 Å². The number of hydrogen-bond donors (Lipinski definition) is 0. The van der Waals surface area contributed by atoms with Gasteiger partial charge in [0, 0.05) is 6.42 Å². The van der Waals surface area contributed by atoms with Crippen molar-refractivity contribution < 1.29 is 47.7 Å². The predicted molar refractivity (Wildman–Crippen MR) is 103 cm³/mol. The minimum atomic E-state index is -6.78. The number of hydrogen-bond acceptors (Lipinski definition) is 4. The third-order valence-electron chi connectivity index (χ3n) is 5.38. The lowest BCUT2D eigenvalue weighted by atomic mass is 10.1. The normalized spacial score (nSPS) is 14.9. The molecular weight excluding hydrogens is 460 g/mol. The van der Waals surface area contributed by atoms with Crippen LogP contribution in [0.25, 0.3) is 0 Å². The molecule has 0 saturated heterocycles. The van der Waals surface area contributed by atoms with Crippen molar-refractivity contribution in [2.24, 2.45) is 0 Å². The van der Waals surface area contributed by atoms with Crippen LogP contribution >= 0.6 is 0 Å². The largest absolute Gasteiger partial charge is 0.504 e. The Balaban J connectivity index is 7.46. The maximum atomic E-state index is 13.7. The van der Waals surface area contributed by atoms with Crippen LogP contribution in [0.15, 0.2) is 0 Å². The molecule has 13 heteroatoms. The minimum Gasteiger partial charge on any atom is -0.295 e. The third kappa shape index (κ3) is 5.25. The van der Waals surface area contributed by atoms with Gasteiger partial charge in [-0.2, -0.15) is 26.3 Å². The number of rotatable bonds is 13. The van der Waals surface area contributed by atoms with Gasteiger partial charge in [0.25, 0.3) is 0 Å². The van der Waals surface area contributed by atoms with Gasteiger partial charge in [-0.3, -0.25) is 4.48 Å². The van der Waals surface area contributed by atoms with Crippen molar-refractivity contribution >= 4 is 19.7 Å². The van der Waals surface area contributed by atoms with Gasteiger partial charge in [0.05, 0.1) is 20.1 Å². The van der Waals surface area contributed by atoms with E-state index in [1.807, 2.05) is 0 Å². The molecule has 0 amide bonds. The maximum absolute atomic E-state index is 13.7. The van der Waals surface area contributed by atoms with E-state index in [0.717, 1.165) is 7.05 Å². The number of nitrogens with zero attached hydrogens (tertiary/aromatic N) is 1. The molecule has 0 spiro atoms. The average Bonchev–Trinajstić information content (AvgIpc) is 2.59. The van der Waals surface area contributed by atoms with Crippen LogP contribution < -0.4 is 0 Å². The Labute approximate surface area is 175 Å². The van der Waals surface area contributed by atoms with Crippen LogP contribution in [-0.2, 0) is 19.7 Å². The van der Waals surface area contributed by atoms with Gasteiger partial charge in [0.2, 0.25) is 0 Å². The van der Waals surface area contributed by atoms with Gasteiger partial charge < -0.3 is 0 Å². The van der Waals surface area contributed by atoms with Gasteiger partial charge in [-0.1, -0.05) is 46.5 Å². The Hall–Kier alpha value is -0.560. The molecule has 0 aromatic rings. The Morgan fingerprint density at radius 2 is 0.967 bits per heavy atom. The molecule has 182 valence electrons. The quantitative estimate of drug-likeness (QED) is 0.203. The van der Waals surface area contributed by atoms with Crippen LogP contribution in [0.3, 0.4) is 0 Å². The maximum Gasteiger partial charge on any atom is 0.504 e. The summed E-state index contributed by atoms with van der Waals surface area (Å²) in [6.07, 6.45) is -0.452. The van der Waals surface area contributed by atoms with Crippen LogP contribution in [0.1, 0.15) is 72.1 Å². The van der Waals surface area contributed by atoms with E-state index in [9.17, 15) is 43.2 Å². The molecule has 0 aliphatic rings. The molecule has 0 fully saturated rings. The molecule has 30 heavy (non-hydrogen) atoms. The fourth-order valence-electron chi connectivity index (χ4n) is 3.69. The fraction of sp³-hybridized carbons (Fsp3) is 1.00. The molecule has 0 aliphatic heterocycles. The molecule has 0 rings (SSSR count). The van der Waals surface area contributed by atoms with Crippen molar-refractivity contribution in [3.05, 3.63) is 0 Å². The van der Waals surface area contributed by atoms with Gasteiger partial charge in [0.1, 0.15) is 0 Å². The number of unbranched alkanes of at least 4 members (excludes halogenated alkanes) is 4. The standard InChI is InChI=1S/C17H32F6NO4S2/c1-5-8-11-12-15(29(25,26)16(18,19)20,30(27,28)17(21,22)23)24(4,13-9-6-2)14-10-7-3/h5-14H2,1-4H3/q+1. The molecule has 0 N–H and O–H groups in total. The summed E-state index contributed by atoms with van der Waals surface area (Å²) in [5, 5.41) is 0. The SMILES string of the molecule is CCCCCC([N+](C)(CCCC)CCCC)(S(=O)(=O)C(F)(F)F)S(=O)(=O)C(F)(F)F. The molecule has 0 atom stereocenters. The van der Waals surface area contributed by atoms with Gasteiger partial charge in [-0.15, -0.1) is 0 Å². The van der Waals surface area contributed by atoms with E-state index < -0.39 is 65.3 Å². The molecule has 0 aliphatic carbocycles. The minimum absolute atomic E-state index is 0.0660. The summed E-state index contributed by atoms with van der Waals surface area (Å²) in [5.74, 6) is 0. The Morgan fingerprint density at radius 1 is 0.633 bits per heavy atom. The topological polar surface area (TPSA) is 68.3 Å². The molecular formula is C17H32F6NO4S2+. The zero-order valence-electron chi connectivity index (χ0n) is 17.7. The second kappa shape index (κ2) is 10.4. The first kappa shape index (κ1) is 29.4. The van der Waals surface area contributed by atoms with Crippen molar-refractivity contribution in [3.8, 4) is 0 Å². The van der Waals surface area contributed by atoms with E-state index in [4.69, 9.17) is 0 Å². The van der Waals surface area contributed by atoms with Crippen molar-refractivity contribution in [2.75, 3.05) is 20.1 Å². The van der Waals surface area contributed by atoms with Gasteiger partial charge in [0.15, 0.2) is 0 Å². The number of halogens is 6. The van der Waals surface area contributed by atoms with Gasteiger partial charge in [-0.05, 0) is 19.3 Å². The highest BCUT2D eigenvalue weighted by Crippen LogP contribution is 2.51. The third-order valence-corrected chi connectivity index (χ3v) is 10.9. The first-order chi connectivity index (χ1) is 13.4. The molecule has 0 unspecified atom stereocenters. The summed E-state index contributed by atoms with van der Waals surface area (Å²) in [5.41, 5.74) is -12.3. The lowest BCUT2D eigenvalue weighted by Gasteiger charge is -2.49. The smallest absolute Gasteiger partial charge is 0.295 e. The second-order valence-electron chi connectivity index (χ2n) is 7.62. The summed E-state index contributed by atoms with van der Waals surface area (Å²) in [6.45, 7) is 3.96. The average molecular weight is 493 g/mol. The van der Waals surface area contributed by atoms with Gasteiger partial charge >= 0.3 is 34.9 Å². The molecule has 0 saturated carbocycles. The Kier molecular flexibility index (Phi) is 10.2. The van der Waals surface area contributed by atoms with Crippen LogP contribution in [0, 0.1) is 0 Å². The van der Waals surface area contributed by atoms with Crippen molar-refractivity contribution in [1.29, 1.82) is 0 Å².